The molecule has 1 atom stereocenters. The molecular formula is C21H26FN5O3. The summed E-state index contributed by atoms with van der Waals surface area (Å²) >= 11 is 0. The lowest BCUT2D eigenvalue weighted by molar-refractivity contribution is -0.123. The molecule has 0 aliphatic carbocycles. The van der Waals surface area contributed by atoms with Crippen LogP contribution in [0.15, 0.2) is 22.7 Å². The molecule has 8 nitrogen and oxygen atoms in total. The molecule has 160 valence electrons. The highest BCUT2D eigenvalue weighted by Gasteiger charge is 2.29. The minimum atomic E-state index is -0.682. The fourth-order valence-electron chi connectivity index (χ4n) is 3.77. The van der Waals surface area contributed by atoms with Gasteiger partial charge in [-0.05, 0) is 37.3 Å². The van der Waals surface area contributed by atoms with Gasteiger partial charge in [-0.2, -0.15) is 5.26 Å². The summed E-state index contributed by atoms with van der Waals surface area (Å²) in [5, 5.41) is 18.9. The van der Waals surface area contributed by atoms with E-state index in [1.807, 2.05) is 19.9 Å². The number of nitrogens with zero attached hydrogens (tertiary/aromatic N) is 3. The lowest BCUT2D eigenvalue weighted by atomic mass is 9.92. The maximum atomic E-state index is 13.4. The number of benzene rings is 1. The van der Waals surface area contributed by atoms with Gasteiger partial charge in [0.1, 0.15) is 18.4 Å². The standard InChI is InChI=1S/C21H26FN5O3/c1-13(2)11-17(20(28)24-8-7-23)25-21(29)27-9-5-14(6-10-27)19-16-4-3-15(22)12-18(16)30-26-19/h3-4,12-14,17H,5-6,8-11H2,1-2H3,(H,24,28)(H,25,29). The van der Waals surface area contributed by atoms with Gasteiger partial charge in [-0.3, -0.25) is 4.79 Å². The van der Waals surface area contributed by atoms with Gasteiger partial charge in [0.2, 0.25) is 5.91 Å². The smallest absolute Gasteiger partial charge is 0.318 e. The molecule has 3 rings (SSSR count). The Morgan fingerprint density at radius 2 is 2.10 bits per heavy atom. The van der Waals surface area contributed by atoms with E-state index >= 15 is 0 Å². The van der Waals surface area contributed by atoms with Gasteiger partial charge >= 0.3 is 6.03 Å². The van der Waals surface area contributed by atoms with Crippen molar-refractivity contribution in [3.8, 4) is 6.07 Å². The predicted molar refractivity (Wildman–Crippen MR) is 108 cm³/mol. The first kappa shape index (κ1) is 21.6. The molecule has 1 aliphatic heterocycles. The number of likely N-dealkylation sites (tertiary alicyclic amines) is 1. The zero-order chi connectivity index (χ0) is 21.7. The number of fused-ring (bicyclic) bond motifs is 1. The number of urea groups is 1. The molecular weight excluding hydrogens is 389 g/mol. The van der Waals surface area contributed by atoms with Crippen molar-refractivity contribution in [3.63, 3.8) is 0 Å². The maximum absolute atomic E-state index is 13.4. The molecule has 2 aromatic rings. The van der Waals surface area contributed by atoms with E-state index in [1.165, 1.54) is 12.1 Å². The molecule has 1 aromatic carbocycles. The number of amides is 3. The molecule has 1 fully saturated rings. The average Bonchev–Trinajstić information content (AvgIpc) is 3.14. The Morgan fingerprint density at radius 1 is 1.37 bits per heavy atom. The van der Waals surface area contributed by atoms with Crippen LogP contribution in [-0.4, -0.2) is 47.7 Å². The highest BCUT2D eigenvalue weighted by molar-refractivity contribution is 5.87. The number of rotatable bonds is 6. The number of carbonyl (C=O) groups excluding carboxylic acids is 2. The van der Waals surface area contributed by atoms with Crippen molar-refractivity contribution in [2.24, 2.45) is 5.92 Å². The first-order chi connectivity index (χ1) is 14.4. The zero-order valence-corrected chi connectivity index (χ0v) is 17.2. The molecule has 1 unspecified atom stereocenters. The Hall–Kier alpha value is -3.15. The Morgan fingerprint density at radius 3 is 2.77 bits per heavy atom. The van der Waals surface area contributed by atoms with Crippen LogP contribution < -0.4 is 10.6 Å². The van der Waals surface area contributed by atoms with E-state index in [4.69, 9.17) is 9.78 Å². The molecule has 1 aliphatic rings. The number of nitriles is 1. The number of hydrogen-bond acceptors (Lipinski definition) is 5. The molecule has 30 heavy (non-hydrogen) atoms. The number of piperidine rings is 1. The highest BCUT2D eigenvalue weighted by atomic mass is 19.1. The first-order valence-electron chi connectivity index (χ1n) is 10.1. The van der Waals surface area contributed by atoms with E-state index in [9.17, 15) is 14.0 Å². The lowest BCUT2D eigenvalue weighted by Crippen LogP contribution is -2.53. The molecule has 1 saturated heterocycles. The van der Waals surface area contributed by atoms with Gasteiger partial charge in [0.05, 0.1) is 11.8 Å². The SMILES string of the molecule is CC(C)CC(NC(=O)N1CCC(c2noc3cc(F)ccc23)CC1)C(=O)NCC#N. The first-order valence-corrected chi connectivity index (χ1v) is 10.1. The third-order valence-electron chi connectivity index (χ3n) is 5.29. The monoisotopic (exact) mass is 415 g/mol. The number of aromatic nitrogens is 1. The van der Waals surface area contributed by atoms with E-state index in [0.717, 1.165) is 11.1 Å². The summed E-state index contributed by atoms with van der Waals surface area (Å²) in [5.74, 6) is -0.397. The third kappa shape index (κ3) is 5.06. The number of halogens is 1. The average molecular weight is 415 g/mol. The van der Waals surface area contributed by atoms with Gasteiger partial charge in [-0.15, -0.1) is 0 Å². The van der Waals surface area contributed by atoms with Crippen LogP contribution in [0, 0.1) is 23.1 Å². The fourth-order valence-corrected chi connectivity index (χ4v) is 3.77. The minimum Gasteiger partial charge on any atom is -0.356 e. The molecule has 9 heteroatoms. The van der Waals surface area contributed by atoms with Gasteiger partial charge in [0.25, 0.3) is 0 Å². The summed E-state index contributed by atoms with van der Waals surface area (Å²) < 4.78 is 18.6. The second kappa shape index (κ2) is 9.57. The maximum Gasteiger partial charge on any atom is 0.318 e. The number of carbonyl (C=O) groups is 2. The number of nitrogens with one attached hydrogen (secondary N) is 2. The van der Waals surface area contributed by atoms with Crippen molar-refractivity contribution in [2.45, 2.75) is 45.1 Å². The van der Waals surface area contributed by atoms with Crippen LogP contribution in [-0.2, 0) is 4.79 Å². The van der Waals surface area contributed by atoms with E-state index in [-0.39, 0.29) is 36.1 Å². The van der Waals surface area contributed by atoms with Crippen LogP contribution in [0.1, 0.15) is 44.7 Å². The van der Waals surface area contributed by atoms with Crippen LogP contribution in [0.3, 0.4) is 0 Å². The van der Waals surface area contributed by atoms with E-state index in [1.54, 1.807) is 11.0 Å². The summed E-state index contributed by atoms with van der Waals surface area (Å²) in [6, 6.07) is 5.27. The van der Waals surface area contributed by atoms with Gasteiger partial charge in [-0.25, -0.2) is 9.18 Å². The molecule has 0 bridgehead atoms. The summed E-state index contributed by atoms with van der Waals surface area (Å²) in [4.78, 5) is 26.7. The van der Waals surface area contributed by atoms with Crippen molar-refractivity contribution >= 4 is 22.9 Å². The van der Waals surface area contributed by atoms with Gasteiger partial charge in [0, 0.05) is 30.5 Å². The number of hydrogen-bond donors (Lipinski definition) is 2. The largest absolute Gasteiger partial charge is 0.356 e. The topological polar surface area (TPSA) is 111 Å². The summed E-state index contributed by atoms with van der Waals surface area (Å²) in [6.45, 7) is 4.87. The van der Waals surface area contributed by atoms with Gasteiger partial charge in [-0.1, -0.05) is 19.0 Å². The van der Waals surface area contributed by atoms with Crippen molar-refractivity contribution in [3.05, 3.63) is 29.7 Å². The molecule has 1 aromatic heterocycles. The van der Waals surface area contributed by atoms with Crippen molar-refractivity contribution in [1.82, 2.24) is 20.7 Å². The Labute approximate surface area is 174 Å². The van der Waals surface area contributed by atoms with Crippen LogP contribution in [0.25, 0.3) is 11.0 Å². The summed E-state index contributed by atoms with van der Waals surface area (Å²) in [5.41, 5.74) is 1.21. The predicted octanol–water partition coefficient (Wildman–Crippen LogP) is 2.91. The zero-order valence-electron chi connectivity index (χ0n) is 17.2. The summed E-state index contributed by atoms with van der Waals surface area (Å²) in [7, 11) is 0. The van der Waals surface area contributed by atoms with E-state index in [0.29, 0.717) is 37.9 Å². The van der Waals surface area contributed by atoms with Crippen LogP contribution in [0.5, 0.6) is 0 Å². The van der Waals surface area contributed by atoms with Crippen LogP contribution in [0.4, 0.5) is 9.18 Å². The molecule has 3 amide bonds. The van der Waals surface area contributed by atoms with Crippen LogP contribution in [0.2, 0.25) is 0 Å². The fraction of sp³-hybridized carbons (Fsp3) is 0.524. The Balaban J connectivity index is 1.59. The molecule has 0 radical (unpaired) electrons. The lowest BCUT2D eigenvalue weighted by Gasteiger charge is -2.32. The summed E-state index contributed by atoms with van der Waals surface area (Å²) in [6.07, 6.45) is 1.88. The van der Waals surface area contributed by atoms with Crippen LogP contribution >= 0.6 is 0 Å². The van der Waals surface area contributed by atoms with E-state index < -0.39 is 6.04 Å². The highest BCUT2D eigenvalue weighted by Crippen LogP contribution is 2.32. The Bertz CT molecular complexity index is 944. The van der Waals surface area contributed by atoms with Crippen molar-refractivity contribution in [2.75, 3.05) is 19.6 Å². The molecule has 0 saturated carbocycles. The third-order valence-corrected chi connectivity index (χ3v) is 5.29. The van der Waals surface area contributed by atoms with Gasteiger partial charge < -0.3 is 20.1 Å². The second-order valence-electron chi connectivity index (χ2n) is 7.98. The quantitative estimate of drug-likeness (QED) is 0.705. The molecule has 0 spiro atoms. The normalized spacial score (nSPS) is 15.8. The molecule has 2 N–H and O–H groups in total. The second-order valence-corrected chi connectivity index (χ2v) is 7.98. The van der Waals surface area contributed by atoms with Gasteiger partial charge in [0.15, 0.2) is 5.58 Å². The Kier molecular flexibility index (Phi) is 6.87. The molecule has 2 heterocycles. The van der Waals surface area contributed by atoms with Crippen molar-refractivity contribution < 1.29 is 18.5 Å². The van der Waals surface area contributed by atoms with E-state index in [2.05, 4.69) is 15.8 Å². The van der Waals surface area contributed by atoms with Crippen molar-refractivity contribution in [1.29, 1.82) is 5.26 Å². The minimum absolute atomic E-state index is 0.0930.